The van der Waals surface area contributed by atoms with E-state index >= 15 is 0 Å². The molecule has 1 atom stereocenters. The second-order valence-electron chi connectivity index (χ2n) is 4.74. The van der Waals surface area contributed by atoms with Crippen LogP contribution in [-0.2, 0) is 9.53 Å². The van der Waals surface area contributed by atoms with Crippen LogP contribution in [0.15, 0.2) is 0 Å². The molecular weight excluding hydrogens is 190 g/mol. The van der Waals surface area contributed by atoms with Crippen LogP contribution in [-0.4, -0.2) is 37.1 Å². The maximum absolute atomic E-state index is 11.6. The van der Waals surface area contributed by atoms with Crippen LogP contribution in [0.1, 0.15) is 33.6 Å². The second kappa shape index (κ2) is 6.11. The van der Waals surface area contributed by atoms with E-state index < -0.39 is 0 Å². The SMILES string of the molecule is CCOC(=O)C1CCCN(CC(C)C)C1. The molecule has 0 aromatic heterocycles. The molecule has 1 aliphatic heterocycles. The highest BCUT2D eigenvalue weighted by molar-refractivity contribution is 5.72. The highest BCUT2D eigenvalue weighted by atomic mass is 16.5. The van der Waals surface area contributed by atoms with Crippen LogP contribution in [0.5, 0.6) is 0 Å². The molecule has 3 heteroatoms. The fraction of sp³-hybridized carbons (Fsp3) is 0.917. The number of hydrogen-bond donors (Lipinski definition) is 0. The van der Waals surface area contributed by atoms with Crippen molar-refractivity contribution in [3.05, 3.63) is 0 Å². The fourth-order valence-corrected chi connectivity index (χ4v) is 2.19. The largest absolute Gasteiger partial charge is 0.466 e. The van der Waals surface area contributed by atoms with Gasteiger partial charge in [0.25, 0.3) is 0 Å². The predicted molar refractivity (Wildman–Crippen MR) is 60.6 cm³/mol. The molecule has 0 amide bonds. The van der Waals surface area contributed by atoms with Gasteiger partial charge in [-0.25, -0.2) is 0 Å². The van der Waals surface area contributed by atoms with Crippen LogP contribution < -0.4 is 0 Å². The van der Waals surface area contributed by atoms with E-state index in [1.807, 2.05) is 6.92 Å². The first-order chi connectivity index (χ1) is 7.13. The van der Waals surface area contributed by atoms with Gasteiger partial charge in [-0.3, -0.25) is 4.79 Å². The molecule has 1 rings (SSSR count). The molecule has 0 aliphatic carbocycles. The zero-order valence-electron chi connectivity index (χ0n) is 10.2. The molecule has 0 N–H and O–H groups in total. The molecule has 1 unspecified atom stereocenters. The number of hydrogen-bond acceptors (Lipinski definition) is 3. The highest BCUT2D eigenvalue weighted by Crippen LogP contribution is 2.18. The summed E-state index contributed by atoms with van der Waals surface area (Å²) in [5, 5.41) is 0. The van der Waals surface area contributed by atoms with Crippen molar-refractivity contribution < 1.29 is 9.53 Å². The molecule has 88 valence electrons. The summed E-state index contributed by atoms with van der Waals surface area (Å²) < 4.78 is 5.07. The van der Waals surface area contributed by atoms with Gasteiger partial charge in [0, 0.05) is 13.1 Å². The third kappa shape index (κ3) is 4.20. The summed E-state index contributed by atoms with van der Waals surface area (Å²) in [6.45, 7) is 9.91. The van der Waals surface area contributed by atoms with Crippen LogP contribution in [0.25, 0.3) is 0 Å². The van der Waals surface area contributed by atoms with E-state index in [1.54, 1.807) is 0 Å². The number of piperidine rings is 1. The first kappa shape index (κ1) is 12.5. The Morgan fingerprint density at radius 2 is 2.27 bits per heavy atom. The molecule has 1 saturated heterocycles. The Morgan fingerprint density at radius 1 is 1.53 bits per heavy atom. The van der Waals surface area contributed by atoms with Crippen molar-refractivity contribution >= 4 is 5.97 Å². The van der Waals surface area contributed by atoms with Gasteiger partial charge in [0.05, 0.1) is 12.5 Å². The van der Waals surface area contributed by atoms with Crippen LogP contribution in [0.4, 0.5) is 0 Å². The number of rotatable bonds is 4. The van der Waals surface area contributed by atoms with Gasteiger partial charge < -0.3 is 9.64 Å². The van der Waals surface area contributed by atoms with Crippen molar-refractivity contribution in [1.29, 1.82) is 0 Å². The number of carbonyl (C=O) groups is 1. The molecule has 0 radical (unpaired) electrons. The summed E-state index contributed by atoms with van der Waals surface area (Å²) in [7, 11) is 0. The summed E-state index contributed by atoms with van der Waals surface area (Å²) in [6.07, 6.45) is 2.11. The lowest BCUT2D eigenvalue weighted by Crippen LogP contribution is -2.41. The number of carbonyl (C=O) groups excluding carboxylic acids is 1. The monoisotopic (exact) mass is 213 g/mol. The van der Waals surface area contributed by atoms with E-state index in [0.717, 1.165) is 32.5 Å². The Labute approximate surface area is 92.8 Å². The van der Waals surface area contributed by atoms with E-state index in [-0.39, 0.29) is 11.9 Å². The molecular formula is C12H23NO2. The van der Waals surface area contributed by atoms with Gasteiger partial charge >= 0.3 is 5.97 Å². The van der Waals surface area contributed by atoms with E-state index in [4.69, 9.17) is 4.74 Å². The van der Waals surface area contributed by atoms with Crippen molar-refractivity contribution in [1.82, 2.24) is 4.90 Å². The zero-order valence-corrected chi connectivity index (χ0v) is 10.2. The van der Waals surface area contributed by atoms with Crippen LogP contribution in [0, 0.1) is 11.8 Å². The molecule has 1 aliphatic rings. The van der Waals surface area contributed by atoms with Crippen molar-refractivity contribution in [3.63, 3.8) is 0 Å². The van der Waals surface area contributed by atoms with Gasteiger partial charge in [-0.05, 0) is 32.2 Å². The van der Waals surface area contributed by atoms with E-state index in [9.17, 15) is 4.79 Å². The van der Waals surface area contributed by atoms with Gasteiger partial charge in [0.2, 0.25) is 0 Å². The molecule has 1 heterocycles. The third-order valence-corrected chi connectivity index (χ3v) is 2.75. The Kier molecular flexibility index (Phi) is 5.09. The standard InChI is InChI=1S/C12H23NO2/c1-4-15-12(14)11-6-5-7-13(9-11)8-10(2)3/h10-11H,4-9H2,1-3H3. The lowest BCUT2D eigenvalue weighted by atomic mass is 9.97. The normalized spacial score (nSPS) is 23.1. The van der Waals surface area contributed by atoms with Crippen molar-refractivity contribution in [2.24, 2.45) is 11.8 Å². The third-order valence-electron chi connectivity index (χ3n) is 2.75. The minimum Gasteiger partial charge on any atom is -0.466 e. The maximum Gasteiger partial charge on any atom is 0.310 e. The molecule has 0 aromatic rings. The quantitative estimate of drug-likeness (QED) is 0.668. The summed E-state index contributed by atoms with van der Waals surface area (Å²) >= 11 is 0. The van der Waals surface area contributed by atoms with E-state index in [0.29, 0.717) is 12.5 Å². The first-order valence-corrected chi connectivity index (χ1v) is 6.02. The Balaban J connectivity index is 2.38. The Hall–Kier alpha value is -0.570. The number of nitrogens with zero attached hydrogens (tertiary/aromatic N) is 1. The van der Waals surface area contributed by atoms with Gasteiger partial charge in [-0.2, -0.15) is 0 Å². The molecule has 0 saturated carbocycles. The van der Waals surface area contributed by atoms with Crippen LogP contribution in [0.3, 0.4) is 0 Å². The smallest absolute Gasteiger partial charge is 0.310 e. The minimum atomic E-state index is -0.00837. The van der Waals surface area contributed by atoms with E-state index in [2.05, 4.69) is 18.7 Å². The topological polar surface area (TPSA) is 29.5 Å². The van der Waals surface area contributed by atoms with Gasteiger partial charge in [-0.1, -0.05) is 13.8 Å². The number of esters is 1. The second-order valence-corrected chi connectivity index (χ2v) is 4.74. The zero-order chi connectivity index (χ0) is 11.3. The van der Waals surface area contributed by atoms with Gasteiger partial charge in [0.1, 0.15) is 0 Å². The maximum atomic E-state index is 11.6. The molecule has 3 nitrogen and oxygen atoms in total. The molecule has 1 fully saturated rings. The summed E-state index contributed by atoms with van der Waals surface area (Å²) in [5.74, 6) is 0.773. The predicted octanol–water partition coefficient (Wildman–Crippen LogP) is 1.92. The van der Waals surface area contributed by atoms with Crippen molar-refractivity contribution in [2.75, 3.05) is 26.2 Å². The summed E-state index contributed by atoms with van der Waals surface area (Å²) in [4.78, 5) is 14.0. The number of ether oxygens (including phenoxy) is 1. The molecule has 0 spiro atoms. The number of likely N-dealkylation sites (tertiary alicyclic amines) is 1. The van der Waals surface area contributed by atoms with Crippen LogP contribution in [0.2, 0.25) is 0 Å². The summed E-state index contributed by atoms with van der Waals surface area (Å²) in [6, 6.07) is 0. The van der Waals surface area contributed by atoms with Crippen molar-refractivity contribution in [2.45, 2.75) is 33.6 Å². The van der Waals surface area contributed by atoms with Gasteiger partial charge in [0.15, 0.2) is 0 Å². The van der Waals surface area contributed by atoms with Crippen molar-refractivity contribution in [3.8, 4) is 0 Å². The highest BCUT2D eigenvalue weighted by Gasteiger charge is 2.26. The Morgan fingerprint density at radius 3 is 2.87 bits per heavy atom. The minimum absolute atomic E-state index is 0.00837. The molecule has 0 aromatic carbocycles. The molecule has 0 bridgehead atoms. The van der Waals surface area contributed by atoms with E-state index in [1.165, 1.54) is 0 Å². The van der Waals surface area contributed by atoms with Crippen LogP contribution >= 0.6 is 0 Å². The summed E-state index contributed by atoms with van der Waals surface area (Å²) in [5.41, 5.74) is 0. The lowest BCUT2D eigenvalue weighted by molar-refractivity contribution is -0.150. The lowest BCUT2D eigenvalue weighted by Gasteiger charge is -2.32. The Bertz CT molecular complexity index is 204. The van der Waals surface area contributed by atoms with Gasteiger partial charge in [-0.15, -0.1) is 0 Å². The first-order valence-electron chi connectivity index (χ1n) is 6.02. The fourth-order valence-electron chi connectivity index (χ4n) is 2.19. The average Bonchev–Trinajstić information content (AvgIpc) is 2.17. The average molecular weight is 213 g/mol. The molecule has 15 heavy (non-hydrogen) atoms.